The molecule has 3 unspecified atom stereocenters. The lowest BCUT2D eigenvalue weighted by atomic mass is 9.94. The summed E-state index contributed by atoms with van der Waals surface area (Å²) in [6, 6.07) is 9.95. The quantitative estimate of drug-likeness (QED) is 0.904. The number of thioether (sulfide) groups is 1. The first kappa shape index (κ1) is 14.1. The average molecular weight is 301 g/mol. The summed E-state index contributed by atoms with van der Waals surface area (Å²) in [7, 11) is 0. The second-order valence-corrected chi connectivity index (χ2v) is 8.61. The predicted octanol–water partition coefficient (Wildman–Crippen LogP) is 4.06. The summed E-state index contributed by atoms with van der Waals surface area (Å²) in [6.45, 7) is 1.25. The average Bonchev–Trinajstić information content (AvgIpc) is 2.80. The molecule has 2 fully saturated rings. The maximum Gasteiger partial charge on any atom is 0.0172 e. The molecule has 4 rings (SSSR count). The molecule has 1 saturated carbocycles. The Morgan fingerprint density at radius 2 is 1.67 bits per heavy atom. The van der Waals surface area contributed by atoms with Crippen molar-refractivity contribution in [2.45, 2.75) is 56.2 Å². The van der Waals surface area contributed by atoms with Crippen molar-refractivity contribution in [3.05, 3.63) is 35.4 Å². The highest BCUT2D eigenvalue weighted by Gasteiger charge is 2.38. The molecule has 2 bridgehead atoms. The van der Waals surface area contributed by atoms with E-state index in [1.165, 1.54) is 57.2 Å². The summed E-state index contributed by atoms with van der Waals surface area (Å²) in [6.07, 6.45) is 9.81. The molecule has 3 atom stereocenters. The molecule has 1 saturated heterocycles. The fourth-order valence-electron chi connectivity index (χ4n) is 4.72. The number of fused-ring (bicyclic) bond motifs is 3. The lowest BCUT2D eigenvalue weighted by Crippen LogP contribution is -2.41. The van der Waals surface area contributed by atoms with Gasteiger partial charge in [0.1, 0.15) is 0 Å². The first-order valence-electron chi connectivity index (χ1n) is 8.82. The van der Waals surface area contributed by atoms with Crippen molar-refractivity contribution < 1.29 is 0 Å². The van der Waals surface area contributed by atoms with E-state index in [-0.39, 0.29) is 0 Å². The van der Waals surface area contributed by atoms with Crippen molar-refractivity contribution in [3.63, 3.8) is 0 Å². The van der Waals surface area contributed by atoms with Gasteiger partial charge in [0.2, 0.25) is 0 Å². The Kier molecular flexibility index (Phi) is 4.27. The van der Waals surface area contributed by atoms with E-state index in [2.05, 4.69) is 41.3 Å². The van der Waals surface area contributed by atoms with Gasteiger partial charge in [0, 0.05) is 17.8 Å². The van der Waals surface area contributed by atoms with Crippen LogP contribution in [0.15, 0.2) is 24.3 Å². The molecule has 114 valence electrons. The van der Waals surface area contributed by atoms with Crippen molar-refractivity contribution in [1.29, 1.82) is 0 Å². The topological polar surface area (TPSA) is 12.0 Å². The highest BCUT2D eigenvalue weighted by atomic mass is 32.2. The van der Waals surface area contributed by atoms with Gasteiger partial charge >= 0.3 is 0 Å². The monoisotopic (exact) mass is 301 g/mol. The zero-order valence-corrected chi connectivity index (χ0v) is 13.7. The van der Waals surface area contributed by atoms with Crippen molar-refractivity contribution in [2.75, 3.05) is 12.3 Å². The largest absolute Gasteiger partial charge is 0.312 e. The minimum Gasteiger partial charge on any atom is -0.312 e. The molecule has 0 aromatic heterocycles. The van der Waals surface area contributed by atoms with E-state index in [9.17, 15) is 0 Å². The van der Waals surface area contributed by atoms with Crippen LogP contribution in [0.5, 0.6) is 0 Å². The molecule has 1 aromatic carbocycles. The van der Waals surface area contributed by atoms with E-state index in [1.807, 2.05) is 0 Å². The molecule has 0 amide bonds. The predicted molar refractivity (Wildman–Crippen MR) is 92.0 cm³/mol. The van der Waals surface area contributed by atoms with Crippen LogP contribution in [-0.4, -0.2) is 23.6 Å². The van der Waals surface area contributed by atoms with E-state index in [0.29, 0.717) is 0 Å². The molecule has 1 aromatic rings. The molecule has 2 heteroatoms. The normalized spacial score (nSPS) is 35.2. The standard InChI is InChI=1S/C19H27NS/c1-2-6-15-12-17-9-8-16(11-14(15)5-1)19(17)20-13-18-7-3-4-10-21-18/h1-2,5-6,16-20H,3-4,7-13H2. The zero-order chi connectivity index (χ0) is 14.1. The second-order valence-electron chi connectivity index (χ2n) is 7.20. The number of benzene rings is 1. The van der Waals surface area contributed by atoms with Crippen LogP contribution in [0.3, 0.4) is 0 Å². The molecule has 1 N–H and O–H groups in total. The lowest BCUT2D eigenvalue weighted by Gasteiger charge is -2.28. The number of nitrogens with one attached hydrogen (secondary N) is 1. The van der Waals surface area contributed by atoms with Gasteiger partial charge in [-0.1, -0.05) is 30.7 Å². The van der Waals surface area contributed by atoms with Gasteiger partial charge in [-0.3, -0.25) is 0 Å². The van der Waals surface area contributed by atoms with E-state index >= 15 is 0 Å². The third-order valence-corrected chi connectivity index (χ3v) is 7.26. The van der Waals surface area contributed by atoms with Crippen molar-refractivity contribution in [3.8, 4) is 0 Å². The Balaban J connectivity index is 1.42. The zero-order valence-electron chi connectivity index (χ0n) is 12.9. The molecule has 21 heavy (non-hydrogen) atoms. The number of hydrogen-bond donors (Lipinski definition) is 1. The van der Waals surface area contributed by atoms with E-state index in [4.69, 9.17) is 0 Å². The van der Waals surface area contributed by atoms with Gasteiger partial charge in [-0.15, -0.1) is 0 Å². The fourth-order valence-corrected chi connectivity index (χ4v) is 5.97. The molecular weight excluding hydrogens is 274 g/mol. The van der Waals surface area contributed by atoms with Crippen LogP contribution in [0.1, 0.15) is 43.2 Å². The van der Waals surface area contributed by atoms with Gasteiger partial charge in [0.15, 0.2) is 0 Å². The van der Waals surface area contributed by atoms with Crippen LogP contribution in [0, 0.1) is 11.8 Å². The second kappa shape index (κ2) is 6.34. The molecule has 0 spiro atoms. The molecular formula is C19H27NS. The molecule has 1 heterocycles. The maximum absolute atomic E-state index is 4.01. The molecule has 2 aliphatic carbocycles. The van der Waals surface area contributed by atoms with Gasteiger partial charge in [0.25, 0.3) is 0 Å². The SMILES string of the molecule is c1ccc2c(c1)CC1CCC(C2)C1NCC1CCCCS1. The Bertz CT molecular complexity index is 447. The van der Waals surface area contributed by atoms with Crippen LogP contribution in [0.25, 0.3) is 0 Å². The van der Waals surface area contributed by atoms with Crippen LogP contribution in [0.2, 0.25) is 0 Å². The Morgan fingerprint density at radius 3 is 2.29 bits per heavy atom. The van der Waals surface area contributed by atoms with Gasteiger partial charge < -0.3 is 5.32 Å². The third-order valence-electron chi connectivity index (χ3n) is 5.86. The molecule has 1 nitrogen and oxygen atoms in total. The Labute approximate surface area is 133 Å². The van der Waals surface area contributed by atoms with Crippen molar-refractivity contribution >= 4 is 11.8 Å². The molecule has 3 aliphatic rings. The van der Waals surface area contributed by atoms with Crippen LogP contribution in [0.4, 0.5) is 0 Å². The summed E-state index contributed by atoms with van der Waals surface area (Å²) in [4.78, 5) is 0. The van der Waals surface area contributed by atoms with Crippen molar-refractivity contribution in [2.24, 2.45) is 11.8 Å². The Morgan fingerprint density at radius 1 is 0.952 bits per heavy atom. The van der Waals surface area contributed by atoms with Gasteiger partial charge in [0.05, 0.1) is 0 Å². The van der Waals surface area contributed by atoms with Crippen molar-refractivity contribution in [1.82, 2.24) is 5.32 Å². The lowest BCUT2D eigenvalue weighted by molar-refractivity contribution is 0.340. The number of rotatable bonds is 3. The first-order valence-corrected chi connectivity index (χ1v) is 9.87. The highest BCUT2D eigenvalue weighted by Crippen LogP contribution is 2.40. The van der Waals surface area contributed by atoms with Gasteiger partial charge in [-0.2, -0.15) is 11.8 Å². The minimum atomic E-state index is 0.778. The Hall–Kier alpha value is -0.470. The summed E-state index contributed by atoms with van der Waals surface area (Å²) in [5, 5.41) is 4.89. The third kappa shape index (κ3) is 3.03. The number of hydrogen-bond acceptors (Lipinski definition) is 2. The fraction of sp³-hybridized carbons (Fsp3) is 0.684. The van der Waals surface area contributed by atoms with Crippen LogP contribution in [-0.2, 0) is 12.8 Å². The van der Waals surface area contributed by atoms with Gasteiger partial charge in [-0.25, -0.2) is 0 Å². The smallest absolute Gasteiger partial charge is 0.0172 e. The van der Waals surface area contributed by atoms with E-state index in [1.54, 1.807) is 11.1 Å². The summed E-state index contributed by atoms with van der Waals surface area (Å²) >= 11 is 2.20. The summed E-state index contributed by atoms with van der Waals surface area (Å²) < 4.78 is 0. The summed E-state index contributed by atoms with van der Waals surface area (Å²) in [5.74, 6) is 3.15. The van der Waals surface area contributed by atoms with Crippen LogP contribution >= 0.6 is 11.8 Å². The maximum atomic E-state index is 4.01. The van der Waals surface area contributed by atoms with Crippen LogP contribution < -0.4 is 5.32 Å². The van der Waals surface area contributed by atoms with E-state index in [0.717, 1.165) is 23.1 Å². The first-order chi connectivity index (χ1) is 10.4. The van der Waals surface area contributed by atoms with E-state index < -0.39 is 0 Å². The molecule has 0 radical (unpaired) electrons. The highest BCUT2D eigenvalue weighted by molar-refractivity contribution is 7.99. The minimum absolute atomic E-state index is 0.778. The van der Waals surface area contributed by atoms with Gasteiger partial charge in [-0.05, 0) is 67.2 Å². The summed E-state index contributed by atoms with van der Waals surface area (Å²) in [5.41, 5.74) is 3.26. The molecule has 1 aliphatic heterocycles.